The first-order chi connectivity index (χ1) is 10.6. The van der Waals surface area contributed by atoms with Crippen molar-refractivity contribution < 1.29 is 4.74 Å². The minimum atomic E-state index is 0.537. The van der Waals surface area contributed by atoms with Crippen LogP contribution in [0, 0.1) is 6.92 Å². The molecule has 6 nitrogen and oxygen atoms in total. The quantitative estimate of drug-likeness (QED) is 0.854. The molecule has 0 atom stereocenters. The lowest BCUT2D eigenvalue weighted by Gasteiger charge is -2.22. The fourth-order valence-electron chi connectivity index (χ4n) is 2.31. The molecule has 2 aromatic rings. The number of nitrogens with one attached hydrogen (secondary N) is 1. The van der Waals surface area contributed by atoms with Crippen molar-refractivity contribution in [3.8, 4) is 5.75 Å². The number of hydrogen-bond acceptors (Lipinski definition) is 6. The minimum Gasteiger partial charge on any atom is -0.495 e. The lowest BCUT2D eigenvalue weighted by Crippen LogP contribution is -2.24. The molecule has 3 N–H and O–H groups in total. The number of benzene rings is 1. The molecule has 2 rings (SSSR count). The van der Waals surface area contributed by atoms with Gasteiger partial charge in [0.25, 0.3) is 0 Å². The lowest BCUT2D eigenvalue weighted by molar-refractivity contribution is 0.416. The first-order valence-corrected chi connectivity index (χ1v) is 7.37. The monoisotopic (exact) mass is 301 g/mol. The summed E-state index contributed by atoms with van der Waals surface area (Å²) >= 11 is 0. The van der Waals surface area contributed by atoms with Gasteiger partial charge in [0.1, 0.15) is 17.8 Å². The Balaban J connectivity index is 2.38. The molecule has 0 aliphatic carbocycles. The zero-order valence-corrected chi connectivity index (χ0v) is 13.6. The number of aromatic nitrogens is 2. The number of ether oxygens (including phenoxy) is 1. The maximum Gasteiger partial charge on any atom is 0.159 e. The molecule has 118 valence electrons. The fourth-order valence-corrected chi connectivity index (χ4v) is 2.31. The molecule has 0 aliphatic rings. The first kappa shape index (κ1) is 15.9. The summed E-state index contributed by atoms with van der Waals surface area (Å²) in [5.41, 5.74) is 8.74. The van der Waals surface area contributed by atoms with Gasteiger partial charge in [0.2, 0.25) is 0 Å². The van der Waals surface area contributed by atoms with Crippen molar-refractivity contribution in [3.05, 3.63) is 30.1 Å². The summed E-state index contributed by atoms with van der Waals surface area (Å²) in [5, 5.41) is 3.25. The third-order valence-corrected chi connectivity index (χ3v) is 3.53. The number of nitrogen functional groups attached to an aromatic ring is 1. The van der Waals surface area contributed by atoms with Crippen LogP contribution in [-0.2, 0) is 0 Å². The summed E-state index contributed by atoms with van der Waals surface area (Å²) in [7, 11) is 1.64. The molecule has 6 heteroatoms. The Bertz CT molecular complexity index is 640. The topological polar surface area (TPSA) is 76.3 Å². The van der Waals surface area contributed by atoms with Crippen molar-refractivity contribution in [2.24, 2.45) is 0 Å². The lowest BCUT2D eigenvalue weighted by atomic mass is 10.2. The van der Waals surface area contributed by atoms with Crippen molar-refractivity contribution in [2.45, 2.75) is 20.8 Å². The molecular formula is C16H23N5O. The molecule has 1 heterocycles. The molecule has 1 aromatic heterocycles. The highest BCUT2D eigenvalue weighted by Gasteiger charge is 2.14. The maximum absolute atomic E-state index is 6.24. The predicted octanol–water partition coefficient (Wildman–Crippen LogP) is 2.97. The van der Waals surface area contributed by atoms with Crippen LogP contribution in [0.5, 0.6) is 5.75 Å². The second-order valence-corrected chi connectivity index (χ2v) is 4.96. The van der Waals surface area contributed by atoms with E-state index in [-0.39, 0.29) is 0 Å². The normalized spacial score (nSPS) is 10.4. The smallest absolute Gasteiger partial charge is 0.159 e. The molecule has 0 fully saturated rings. The number of aryl methyl sites for hydroxylation is 1. The van der Waals surface area contributed by atoms with Gasteiger partial charge < -0.3 is 20.7 Å². The van der Waals surface area contributed by atoms with Crippen molar-refractivity contribution in [3.63, 3.8) is 0 Å². The number of anilines is 4. The summed E-state index contributed by atoms with van der Waals surface area (Å²) in [6, 6.07) is 5.91. The van der Waals surface area contributed by atoms with Gasteiger partial charge in [-0.1, -0.05) is 6.07 Å². The Morgan fingerprint density at radius 1 is 1.23 bits per heavy atom. The highest BCUT2D eigenvalue weighted by Crippen LogP contribution is 2.32. The Hall–Kier alpha value is -2.50. The van der Waals surface area contributed by atoms with E-state index < -0.39 is 0 Å². The standard InChI is InChI=1S/C16H23N5O/c1-5-21(6-2)16-14(17)15(18-10-19-16)20-12-9-11(3)7-8-13(12)22-4/h7-10H,5-6,17H2,1-4H3,(H,18,19,20). The molecule has 1 aromatic carbocycles. The summed E-state index contributed by atoms with van der Waals surface area (Å²) in [4.78, 5) is 10.7. The fraction of sp³-hybridized carbons (Fsp3) is 0.375. The van der Waals surface area contributed by atoms with Gasteiger partial charge in [-0.3, -0.25) is 0 Å². The van der Waals surface area contributed by atoms with Crippen LogP contribution in [0.4, 0.5) is 23.0 Å². The maximum atomic E-state index is 6.24. The van der Waals surface area contributed by atoms with Crippen LogP contribution in [-0.4, -0.2) is 30.2 Å². The second kappa shape index (κ2) is 6.98. The SMILES string of the molecule is CCN(CC)c1ncnc(Nc2cc(C)ccc2OC)c1N. The van der Waals surface area contributed by atoms with Crippen LogP contribution in [0.3, 0.4) is 0 Å². The van der Waals surface area contributed by atoms with Crippen LogP contribution < -0.4 is 20.7 Å². The number of rotatable bonds is 6. The van der Waals surface area contributed by atoms with E-state index >= 15 is 0 Å². The largest absolute Gasteiger partial charge is 0.495 e. The van der Waals surface area contributed by atoms with E-state index in [1.165, 1.54) is 6.33 Å². The summed E-state index contributed by atoms with van der Waals surface area (Å²) in [6.45, 7) is 7.84. The zero-order chi connectivity index (χ0) is 16.1. The molecule has 0 bridgehead atoms. The number of nitrogens with zero attached hydrogens (tertiary/aromatic N) is 3. The summed E-state index contributed by atoms with van der Waals surface area (Å²) in [6.07, 6.45) is 1.52. The Morgan fingerprint density at radius 3 is 2.59 bits per heavy atom. The van der Waals surface area contributed by atoms with Gasteiger partial charge in [0.05, 0.1) is 12.8 Å². The van der Waals surface area contributed by atoms with E-state index in [1.54, 1.807) is 7.11 Å². The van der Waals surface area contributed by atoms with Crippen LogP contribution >= 0.6 is 0 Å². The van der Waals surface area contributed by atoms with Gasteiger partial charge in [-0.2, -0.15) is 0 Å². The zero-order valence-electron chi connectivity index (χ0n) is 13.6. The van der Waals surface area contributed by atoms with Crippen molar-refractivity contribution >= 4 is 23.0 Å². The van der Waals surface area contributed by atoms with Gasteiger partial charge in [-0.15, -0.1) is 0 Å². The third kappa shape index (κ3) is 3.21. The molecule has 0 amide bonds. The number of hydrogen-bond donors (Lipinski definition) is 2. The molecule has 22 heavy (non-hydrogen) atoms. The second-order valence-electron chi connectivity index (χ2n) is 4.96. The van der Waals surface area contributed by atoms with E-state index in [4.69, 9.17) is 10.5 Å². The van der Waals surface area contributed by atoms with E-state index in [2.05, 4.69) is 34.0 Å². The van der Waals surface area contributed by atoms with Crippen molar-refractivity contribution in [1.29, 1.82) is 0 Å². The molecule has 0 saturated heterocycles. The highest BCUT2D eigenvalue weighted by molar-refractivity contribution is 5.79. The van der Waals surface area contributed by atoms with Crippen LogP contribution in [0.15, 0.2) is 24.5 Å². The Kier molecular flexibility index (Phi) is 5.04. The van der Waals surface area contributed by atoms with E-state index in [1.807, 2.05) is 25.1 Å². The van der Waals surface area contributed by atoms with Gasteiger partial charge in [0.15, 0.2) is 11.6 Å². The minimum absolute atomic E-state index is 0.537. The summed E-state index contributed by atoms with van der Waals surface area (Å²) in [5.74, 6) is 2.07. The number of methoxy groups -OCH3 is 1. The third-order valence-electron chi connectivity index (χ3n) is 3.53. The molecule has 0 saturated carbocycles. The van der Waals surface area contributed by atoms with Crippen LogP contribution in [0.2, 0.25) is 0 Å². The molecule has 0 aliphatic heterocycles. The van der Waals surface area contributed by atoms with Crippen LogP contribution in [0.25, 0.3) is 0 Å². The molecule has 0 radical (unpaired) electrons. The molecule has 0 spiro atoms. The molecular weight excluding hydrogens is 278 g/mol. The highest BCUT2D eigenvalue weighted by atomic mass is 16.5. The summed E-state index contributed by atoms with van der Waals surface area (Å²) < 4.78 is 5.38. The van der Waals surface area contributed by atoms with Gasteiger partial charge in [-0.05, 0) is 38.5 Å². The van der Waals surface area contributed by atoms with E-state index in [9.17, 15) is 0 Å². The average Bonchev–Trinajstić information content (AvgIpc) is 2.52. The average molecular weight is 301 g/mol. The Labute approximate surface area is 131 Å². The first-order valence-electron chi connectivity index (χ1n) is 7.37. The predicted molar refractivity (Wildman–Crippen MR) is 91.0 cm³/mol. The van der Waals surface area contributed by atoms with E-state index in [0.29, 0.717) is 11.5 Å². The van der Waals surface area contributed by atoms with Crippen molar-refractivity contribution in [2.75, 3.05) is 36.1 Å². The van der Waals surface area contributed by atoms with Gasteiger partial charge in [0, 0.05) is 13.1 Å². The Morgan fingerprint density at radius 2 is 1.95 bits per heavy atom. The van der Waals surface area contributed by atoms with Crippen molar-refractivity contribution in [1.82, 2.24) is 9.97 Å². The van der Waals surface area contributed by atoms with Gasteiger partial charge >= 0.3 is 0 Å². The van der Waals surface area contributed by atoms with Gasteiger partial charge in [-0.25, -0.2) is 9.97 Å². The number of nitrogens with two attached hydrogens (primary N) is 1. The van der Waals surface area contributed by atoms with Crippen LogP contribution in [0.1, 0.15) is 19.4 Å². The van der Waals surface area contributed by atoms with E-state index in [0.717, 1.165) is 35.9 Å². The molecule has 0 unspecified atom stereocenters.